The van der Waals surface area contributed by atoms with E-state index in [1.807, 2.05) is 49.4 Å². The second-order valence-electron chi connectivity index (χ2n) is 4.97. The monoisotopic (exact) mass is 407 g/mol. The highest BCUT2D eigenvalue weighted by molar-refractivity contribution is 14.1. The maximum atomic E-state index is 11.8. The molecule has 0 aliphatic carbocycles. The first kappa shape index (κ1) is 16.5. The molecule has 0 unspecified atom stereocenters. The third kappa shape index (κ3) is 4.84. The number of amides is 1. The predicted molar refractivity (Wildman–Crippen MR) is 99.3 cm³/mol. The van der Waals surface area contributed by atoms with Crippen LogP contribution in [0, 0.1) is 17.4 Å². The second-order valence-corrected chi connectivity index (χ2v) is 6.13. The van der Waals surface area contributed by atoms with Gasteiger partial charge in [-0.05, 0) is 65.8 Å². The van der Waals surface area contributed by atoms with Crippen LogP contribution in [0.3, 0.4) is 0 Å². The lowest BCUT2D eigenvalue weighted by atomic mass is 10.1. The summed E-state index contributed by atoms with van der Waals surface area (Å²) in [5.41, 5.74) is 6.86. The summed E-state index contributed by atoms with van der Waals surface area (Å²) in [6, 6.07) is 13.9. The molecule has 2 rings (SSSR count). The van der Waals surface area contributed by atoms with Crippen molar-refractivity contribution in [3.63, 3.8) is 0 Å². The normalized spacial score (nSPS) is 10.7. The Bertz CT molecular complexity index is 698. The molecule has 0 heterocycles. The van der Waals surface area contributed by atoms with Crippen LogP contribution in [0.4, 0.5) is 5.69 Å². The number of aryl methyl sites for hydroxylation is 2. The van der Waals surface area contributed by atoms with E-state index in [0.29, 0.717) is 0 Å². The van der Waals surface area contributed by atoms with Gasteiger partial charge in [0.2, 0.25) is 0 Å². The van der Waals surface area contributed by atoms with Crippen molar-refractivity contribution in [1.29, 1.82) is 0 Å². The fourth-order valence-corrected chi connectivity index (χ4v) is 2.35. The minimum Gasteiger partial charge on any atom is -0.376 e. The zero-order valence-corrected chi connectivity index (χ0v) is 14.7. The Kier molecular flexibility index (Phi) is 5.94. The van der Waals surface area contributed by atoms with Crippen LogP contribution in [-0.4, -0.2) is 18.7 Å². The van der Waals surface area contributed by atoms with Gasteiger partial charge in [0.25, 0.3) is 5.91 Å². The maximum Gasteiger partial charge on any atom is 0.259 e. The van der Waals surface area contributed by atoms with Gasteiger partial charge >= 0.3 is 0 Å². The number of hydrogen-bond donors (Lipinski definition) is 2. The molecule has 5 heteroatoms. The summed E-state index contributed by atoms with van der Waals surface area (Å²) in [5, 5.41) is 7.06. The molecule has 0 spiro atoms. The van der Waals surface area contributed by atoms with Crippen molar-refractivity contribution in [3.05, 3.63) is 62.7 Å². The maximum absolute atomic E-state index is 11.8. The standard InChI is InChI=1S/C17H18IN3O/c1-12-7-8-15(9-13(12)2)19-11-17(22)21-20-10-14-5-3-4-6-16(14)18/h3-10,19H,11H2,1-2H3,(H,21,22)/b20-10-. The van der Waals surface area contributed by atoms with Gasteiger partial charge in [-0.3, -0.25) is 4.79 Å². The number of rotatable bonds is 5. The molecule has 1 amide bonds. The molecule has 4 nitrogen and oxygen atoms in total. The number of nitrogens with zero attached hydrogens (tertiary/aromatic N) is 1. The summed E-state index contributed by atoms with van der Waals surface area (Å²) in [4.78, 5) is 11.8. The van der Waals surface area contributed by atoms with E-state index in [0.717, 1.165) is 14.8 Å². The van der Waals surface area contributed by atoms with E-state index >= 15 is 0 Å². The van der Waals surface area contributed by atoms with E-state index in [2.05, 4.69) is 45.4 Å². The van der Waals surface area contributed by atoms with Crippen LogP contribution in [-0.2, 0) is 4.79 Å². The number of halogens is 1. The van der Waals surface area contributed by atoms with Crippen LogP contribution in [0.2, 0.25) is 0 Å². The highest BCUT2D eigenvalue weighted by Gasteiger charge is 2.01. The average Bonchev–Trinajstić information content (AvgIpc) is 2.50. The number of benzene rings is 2. The molecule has 0 saturated carbocycles. The molecule has 22 heavy (non-hydrogen) atoms. The highest BCUT2D eigenvalue weighted by Crippen LogP contribution is 2.13. The SMILES string of the molecule is Cc1ccc(NCC(=O)N/N=C\c2ccccc2I)cc1C. The van der Waals surface area contributed by atoms with Crippen molar-refractivity contribution >= 4 is 40.4 Å². The smallest absolute Gasteiger partial charge is 0.259 e. The number of carbonyl (C=O) groups is 1. The predicted octanol–water partition coefficient (Wildman–Crippen LogP) is 3.47. The van der Waals surface area contributed by atoms with Gasteiger partial charge in [-0.2, -0.15) is 5.10 Å². The van der Waals surface area contributed by atoms with Crippen molar-refractivity contribution < 1.29 is 4.79 Å². The molecule has 114 valence electrons. The largest absolute Gasteiger partial charge is 0.376 e. The van der Waals surface area contributed by atoms with Gasteiger partial charge in [0.05, 0.1) is 12.8 Å². The molecule has 2 aromatic rings. The quantitative estimate of drug-likeness (QED) is 0.453. The summed E-state index contributed by atoms with van der Waals surface area (Å²) >= 11 is 2.23. The Morgan fingerprint density at radius 1 is 1.18 bits per heavy atom. The third-order valence-electron chi connectivity index (χ3n) is 3.26. The van der Waals surface area contributed by atoms with Crippen molar-refractivity contribution in [2.75, 3.05) is 11.9 Å². The Morgan fingerprint density at radius 2 is 1.95 bits per heavy atom. The van der Waals surface area contributed by atoms with Crippen molar-refractivity contribution in [2.24, 2.45) is 5.10 Å². The molecule has 0 aromatic heterocycles. The summed E-state index contributed by atoms with van der Waals surface area (Å²) in [6.07, 6.45) is 1.65. The number of hydrogen-bond acceptors (Lipinski definition) is 3. The zero-order chi connectivity index (χ0) is 15.9. The number of hydrazone groups is 1. The van der Waals surface area contributed by atoms with Gasteiger partial charge in [-0.15, -0.1) is 0 Å². The van der Waals surface area contributed by atoms with Gasteiger partial charge in [-0.1, -0.05) is 24.3 Å². The number of nitrogens with one attached hydrogen (secondary N) is 2. The fourth-order valence-electron chi connectivity index (χ4n) is 1.83. The van der Waals surface area contributed by atoms with Gasteiger partial charge in [0.15, 0.2) is 0 Å². The lowest BCUT2D eigenvalue weighted by Gasteiger charge is -2.07. The van der Waals surface area contributed by atoms with E-state index in [1.54, 1.807) is 6.21 Å². The summed E-state index contributed by atoms with van der Waals surface area (Å²) in [5.74, 6) is -0.180. The molecule has 0 aliphatic rings. The molecule has 0 fully saturated rings. The lowest BCUT2D eigenvalue weighted by molar-refractivity contribution is -0.119. The van der Waals surface area contributed by atoms with Crippen LogP contribution in [0.15, 0.2) is 47.6 Å². The molecule has 2 N–H and O–H groups in total. The Labute approximate surface area is 144 Å². The van der Waals surface area contributed by atoms with Gasteiger partial charge in [0, 0.05) is 14.8 Å². The number of anilines is 1. The van der Waals surface area contributed by atoms with E-state index in [-0.39, 0.29) is 12.5 Å². The van der Waals surface area contributed by atoms with Crippen LogP contribution in [0.25, 0.3) is 0 Å². The minimum atomic E-state index is -0.180. The van der Waals surface area contributed by atoms with Crippen LogP contribution in [0.1, 0.15) is 16.7 Å². The van der Waals surface area contributed by atoms with E-state index < -0.39 is 0 Å². The first-order valence-corrected chi connectivity index (χ1v) is 8.01. The molecule has 0 aliphatic heterocycles. The molecule has 2 aromatic carbocycles. The molecule has 0 saturated heterocycles. The topological polar surface area (TPSA) is 53.5 Å². The van der Waals surface area contributed by atoms with Crippen molar-refractivity contribution in [3.8, 4) is 0 Å². The number of carbonyl (C=O) groups excluding carboxylic acids is 1. The van der Waals surface area contributed by atoms with Gasteiger partial charge in [-0.25, -0.2) is 5.43 Å². The molecular weight excluding hydrogens is 389 g/mol. The summed E-state index contributed by atoms with van der Waals surface area (Å²) < 4.78 is 1.09. The fraction of sp³-hybridized carbons (Fsp3) is 0.176. The Hall–Kier alpha value is -1.89. The summed E-state index contributed by atoms with van der Waals surface area (Å²) in [7, 11) is 0. The van der Waals surface area contributed by atoms with E-state index in [4.69, 9.17) is 0 Å². The Morgan fingerprint density at radius 3 is 2.68 bits per heavy atom. The molecule has 0 radical (unpaired) electrons. The van der Waals surface area contributed by atoms with Gasteiger partial charge < -0.3 is 5.32 Å². The average molecular weight is 407 g/mol. The van der Waals surface area contributed by atoms with Crippen molar-refractivity contribution in [2.45, 2.75) is 13.8 Å². The highest BCUT2D eigenvalue weighted by atomic mass is 127. The first-order chi connectivity index (χ1) is 10.6. The summed E-state index contributed by atoms with van der Waals surface area (Å²) in [6.45, 7) is 4.30. The zero-order valence-electron chi connectivity index (χ0n) is 12.6. The third-order valence-corrected chi connectivity index (χ3v) is 4.24. The molecule has 0 atom stereocenters. The van der Waals surface area contributed by atoms with E-state index in [9.17, 15) is 4.79 Å². The second kappa shape index (κ2) is 7.93. The first-order valence-electron chi connectivity index (χ1n) is 6.94. The molecule has 0 bridgehead atoms. The van der Waals surface area contributed by atoms with Crippen molar-refractivity contribution in [1.82, 2.24) is 5.43 Å². The molecular formula is C17H18IN3O. The minimum absolute atomic E-state index is 0.180. The van der Waals surface area contributed by atoms with Crippen LogP contribution >= 0.6 is 22.6 Å². The van der Waals surface area contributed by atoms with Crippen LogP contribution in [0.5, 0.6) is 0 Å². The van der Waals surface area contributed by atoms with Gasteiger partial charge in [0.1, 0.15) is 0 Å². The lowest BCUT2D eigenvalue weighted by Crippen LogP contribution is -2.25. The Balaban J connectivity index is 1.83. The van der Waals surface area contributed by atoms with E-state index in [1.165, 1.54) is 11.1 Å². The van der Waals surface area contributed by atoms with Crippen LogP contribution < -0.4 is 10.7 Å².